The van der Waals surface area contributed by atoms with Gasteiger partial charge in [0.25, 0.3) is 0 Å². The monoisotopic (exact) mass is 363 g/mol. The maximum atomic E-state index is 6.31. The molecule has 5 aliphatic heterocycles. The summed E-state index contributed by atoms with van der Waals surface area (Å²) in [6, 6.07) is 14.3. The van der Waals surface area contributed by atoms with Crippen LogP contribution in [0.15, 0.2) is 36.4 Å². The fourth-order valence-corrected chi connectivity index (χ4v) is 4.97. The molecule has 4 atom stereocenters. The number of fused-ring (bicyclic) bond motifs is 5. The van der Waals surface area contributed by atoms with E-state index < -0.39 is 0 Å². The number of ether oxygens (including phenoxy) is 2. The molecule has 5 nitrogen and oxygen atoms in total. The van der Waals surface area contributed by atoms with Crippen LogP contribution in [0.5, 0.6) is 11.5 Å². The zero-order valence-electron chi connectivity index (χ0n) is 15.4. The summed E-state index contributed by atoms with van der Waals surface area (Å²) >= 11 is 0. The Bertz CT molecular complexity index is 876. The molecule has 0 aromatic heterocycles. The number of nitrogens with one attached hydrogen (secondary N) is 2. The molecule has 0 amide bonds. The quantitative estimate of drug-likeness (QED) is 0.858. The molecule has 0 saturated carbocycles. The summed E-state index contributed by atoms with van der Waals surface area (Å²) in [6.07, 6.45) is 3.50. The molecular formula is C22H25N3O2. The van der Waals surface area contributed by atoms with E-state index in [0.29, 0.717) is 18.7 Å². The van der Waals surface area contributed by atoms with Gasteiger partial charge in [-0.2, -0.15) is 0 Å². The molecule has 2 N–H and O–H groups in total. The van der Waals surface area contributed by atoms with E-state index in [0.717, 1.165) is 31.1 Å². The molecule has 0 radical (unpaired) electrons. The van der Waals surface area contributed by atoms with Crippen molar-refractivity contribution in [3.8, 4) is 11.5 Å². The van der Waals surface area contributed by atoms with Crippen molar-refractivity contribution in [2.75, 3.05) is 31.7 Å². The van der Waals surface area contributed by atoms with E-state index in [2.05, 4.69) is 51.9 Å². The number of hydrogen-bond donors (Lipinski definition) is 2. The Kier molecular flexibility index (Phi) is 3.59. The summed E-state index contributed by atoms with van der Waals surface area (Å²) in [5.74, 6) is 1.75. The smallest absolute Gasteiger partial charge is 0.162 e. The minimum absolute atomic E-state index is 0.0344. The van der Waals surface area contributed by atoms with Gasteiger partial charge in [-0.3, -0.25) is 4.90 Å². The van der Waals surface area contributed by atoms with Gasteiger partial charge in [0.2, 0.25) is 0 Å². The van der Waals surface area contributed by atoms with E-state index in [-0.39, 0.29) is 6.10 Å². The molecular weight excluding hydrogens is 338 g/mol. The maximum absolute atomic E-state index is 6.31. The lowest BCUT2D eigenvalue weighted by molar-refractivity contribution is 0.0542. The molecule has 3 fully saturated rings. The predicted molar refractivity (Wildman–Crippen MR) is 104 cm³/mol. The van der Waals surface area contributed by atoms with E-state index in [1.54, 1.807) is 0 Å². The third-order valence-electron chi connectivity index (χ3n) is 6.52. The van der Waals surface area contributed by atoms with Crippen LogP contribution in [0.1, 0.15) is 41.7 Å². The van der Waals surface area contributed by atoms with Crippen LogP contribution in [0.3, 0.4) is 0 Å². The van der Waals surface area contributed by atoms with Gasteiger partial charge in [0.05, 0.1) is 0 Å². The van der Waals surface area contributed by atoms with Gasteiger partial charge in [-0.25, -0.2) is 0 Å². The second kappa shape index (κ2) is 6.14. The third kappa shape index (κ3) is 2.68. The molecule has 5 heteroatoms. The van der Waals surface area contributed by atoms with E-state index in [1.165, 1.54) is 41.8 Å². The van der Waals surface area contributed by atoms with E-state index in [1.807, 2.05) is 0 Å². The zero-order valence-corrected chi connectivity index (χ0v) is 15.4. The van der Waals surface area contributed by atoms with Crippen LogP contribution in [0.25, 0.3) is 0 Å². The summed E-state index contributed by atoms with van der Waals surface area (Å²) in [5, 5.41) is 7.00. The van der Waals surface area contributed by atoms with Gasteiger partial charge in [0.1, 0.15) is 6.61 Å². The van der Waals surface area contributed by atoms with Crippen LogP contribution in [0, 0.1) is 0 Å². The Morgan fingerprint density at radius 3 is 2.85 bits per heavy atom. The van der Waals surface area contributed by atoms with E-state index in [4.69, 9.17) is 9.47 Å². The molecule has 5 aliphatic rings. The zero-order chi connectivity index (χ0) is 17.8. The van der Waals surface area contributed by atoms with Crippen LogP contribution in [-0.4, -0.2) is 37.3 Å². The summed E-state index contributed by atoms with van der Waals surface area (Å²) < 4.78 is 12.5. The maximum Gasteiger partial charge on any atom is 0.162 e. The number of benzene rings is 2. The molecule has 140 valence electrons. The van der Waals surface area contributed by atoms with E-state index in [9.17, 15) is 0 Å². The Labute approximate surface area is 159 Å². The fourth-order valence-electron chi connectivity index (χ4n) is 4.97. The second-order valence-corrected chi connectivity index (χ2v) is 8.13. The SMILES string of the molecule is c1cc2c(cc1C1COc3cc(C4CC5CCN4CN5)ccc3O1)CCN2. The lowest BCUT2D eigenvalue weighted by atomic mass is 9.89. The lowest BCUT2D eigenvalue weighted by Gasteiger charge is -2.46. The Hall–Kier alpha value is -2.24. The number of hydrogen-bond acceptors (Lipinski definition) is 5. The van der Waals surface area contributed by atoms with Gasteiger partial charge in [0.15, 0.2) is 17.6 Å². The predicted octanol–water partition coefficient (Wildman–Crippen LogP) is 3.23. The van der Waals surface area contributed by atoms with Crippen molar-refractivity contribution >= 4 is 5.69 Å². The summed E-state index contributed by atoms with van der Waals surface area (Å²) in [6.45, 7) is 3.79. The average molecular weight is 363 g/mol. The fraction of sp³-hybridized carbons (Fsp3) is 0.455. The summed E-state index contributed by atoms with van der Waals surface area (Å²) in [4.78, 5) is 2.53. The van der Waals surface area contributed by atoms with Gasteiger partial charge in [0, 0.05) is 37.5 Å². The van der Waals surface area contributed by atoms with Gasteiger partial charge in [-0.15, -0.1) is 0 Å². The number of rotatable bonds is 2. The van der Waals surface area contributed by atoms with Crippen LogP contribution in [0.4, 0.5) is 5.69 Å². The van der Waals surface area contributed by atoms with Crippen molar-refractivity contribution in [1.29, 1.82) is 0 Å². The van der Waals surface area contributed by atoms with Gasteiger partial charge in [-0.1, -0.05) is 12.1 Å². The molecule has 0 aliphatic carbocycles. The minimum Gasteiger partial charge on any atom is -0.485 e. The topological polar surface area (TPSA) is 45.8 Å². The number of anilines is 1. The first-order valence-electron chi connectivity index (χ1n) is 10.1. The second-order valence-electron chi connectivity index (χ2n) is 8.13. The Morgan fingerprint density at radius 1 is 1.04 bits per heavy atom. The minimum atomic E-state index is -0.0344. The highest BCUT2D eigenvalue weighted by atomic mass is 16.6. The first-order valence-corrected chi connectivity index (χ1v) is 10.1. The molecule has 0 spiro atoms. The molecule has 27 heavy (non-hydrogen) atoms. The van der Waals surface area contributed by atoms with Crippen molar-refractivity contribution in [3.05, 3.63) is 53.1 Å². The Morgan fingerprint density at radius 2 is 2.00 bits per heavy atom. The van der Waals surface area contributed by atoms with Crippen molar-refractivity contribution < 1.29 is 9.47 Å². The normalized spacial score (nSPS) is 30.7. The molecule has 7 rings (SSSR count). The summed E-state index contributed by atoms with van der Waals surface area (Å²) in [5.41, 5.74) is 5.19. The molecule has 3 saturated heterocycles. The van der Waals surface area contributed by atoms with Crippen LogP contribution < -0.4 is 20.1 Å². The highest BCUT2D eigenvalue weighted by Gasteiger charge is 2.35. The number of piperidine rings is 1. The van der Waals surface area contributed by atoms with Crippen molar-refractivity contribution in [2.45, 2.75) is 37.5 Å². The third-order valence-corrected chi connectivity index (χ3v) is 6.52. The first kappa shape index (κ1) is 15.8. The van der Waals surface area contributed by atoms with E-state index >= 15 is 0 Å². The standard InChI is InChI=1S/C22H25N3O2/c1-3-18-14(5-7-23-18)9-16(1)22-12-26-21-10-15(2-4-20(21)27-22)19-11-17-6-8-25(19)13-24-17/h1-4,9-10,17,19,22-24H,5-8,11-13H2. The van der Waals surface area contributed by atoms with Crippen molar-refractivity contribution in [1.82, 2.24) is 10.2 Å². The molecule has 2 aromatic rings. The van der Waals surface area contributed by atoms with Gasteiger partial charge >= 0.3 is 0 Å². The summed E-state index contributed by atoms with van der Waals surface area (Å²) in [7, 11) is 0. The highest BCUT2D eigenvalue weighted by molar-refractivity contribution is 5.57. The number of nitrogens with zero attached hydrogens (tertiary/aromatic N) is 1. The Balaban J connectivity index is 1.23. The first-order chi connectivity index (χ1) is 13.3. The molecule has 2 bridgehead atoms. The van der Waals surface area contributed by atoms with Crippen molar-refractivity contribution in [2.24, 2.45) is 0 Å². The van der Waals surface area contributed by atoms with Crippen LogP contribution in [-0.2, 0) is 6.42 Å². The van der Waals surface area contributed by atoms with Crippen LogP contribution in [0.2, 0.25) is 0 Å². The molecule has 5 heterocycles. The average Bonchev–Trinajstić information content (AvgIpc) is 3.21. The van der Waals surface area contributed by atoms with Gasteiger partial charge < -0.3 is 20.1 Å². The molecule has 4 unspecified atom stereocenters. The lowest BCUT2D eigenvalue weighted by Crippen LogP contribution is -2.55. The van der Waals surface area contributed by atoms with Gasteiger partial charge in [-0.05, 0) is 60.2 Å². The largest absolute Gasteiger partial charge is 0.485 e. The highest BCUT2D eigenvalue weighted by Crippen LogP contribution is 2.41. The molecule has 2 aromatic carbocycles. The van der Waals surface area contributed by atoms with Crippen LogP contribution >= 0.6 is 0 Å². The van der Waals surface area contributed by atoms with Crippen molar-refractivity contribution in [3.63, 3.8) is 0 Å².